The molecule has 0 unspecified atom stereocenters. The van der Waals surface area contributed by atoms with Gasteiger partial charge >= 0.3 is 0 Å². The molecule has 0 aliphatic carbocycles. The van der Waals surface area contributed by atoms with Crippen molar-refractivity contribution in [3.63, 3.8) is 0 Å². The Labute approximate surface area is 78.6 Å². The number of aliphatic hydroxyl groups is 2. The fourth-order valence-electron chi connectivity index (χ4n) is 0.742. The predicted octanol–water partition coefficient (Wildman–Crippen LogP) is 0.0740. The summed E-state index contributed by atoms with van der Waals surface area (Å²) in [5.41, 5.74) is 0. The molecule has 0 radical (unpaired) electrons. The van der Waals surface area contributed by atoms with E-state index in [1.165, 1.54) is 0 Å². The maximum Gasteiger partial charge on any atom is 0.0443 e. The van der Waals surface area contributed by atoms with E-state index in [0.29, 0.717) is 6.61 Å². The average molecular weight is 193 g/mol. The highest BCUT2D eigenvalue weighted by Gasteiger charge is 1.89. The van der Waals surface area contributed by atoms with Gasteiger partial charge < -0.3 is 15.5 Å². The van der Waals surface area contributed by atoms with E-state index in [1.54, 1.807) is 0 Å². The first-order chi connectivity index (χ1) is 5.91. The lowest BCUT2D eigenvalue weighted by atomic mass is 10.4. The summed E-state index contributed by atoms with van der Waals surface area (Å²) in [6, 6.07) is 0. The maximum atomic E-state index is 8.48. The van der Waals surface area contributed by atoms with E-state index in [0.717, 1.165) is 37.4 Å². The van der Waals surface area contributed by atoms with Crippen LogP contribution in [0, 0.1) is 0 Å². The predicted molar refractivity (Wildman–Crippen MR) is 53.6 cm³/mol. The van der Waals surface area contributed by atoms with Crippen molar-refractivity contribution in [3.8, 4) is 0 Å². The van der Waals surface area contributed by atoms with E-state index in [1.807, 2.05) is 11.8 Å². The Hall–Kier alpha value is 0.230. The second-order valence-electron chi connectivity index (χ2n) is 2.52. The van der Waals surface area contributed by atoms with Gasteiger partial charge in [-0.2, -0.15) is 11.8 Å². The van der Waals surface area contributed by atoms with Crippen molar-refractivity contribution in [2.24, 2.45) is 0 Å². The number of hydrogen-bond acceptors (Lipinski definition) is 4. The Bertz CT molecular complexity index is 73.5. The minimum Gasteiger partial charge on any atom is -0.396 e. The van der Waals surface area contributed by atoms with E-state index >= 15 is 0 Å². The zero-order valence-corrected chi connectivity index (χ0v) is 8.28. The fourth-order valence-corrected chi connectivity index (χ4v) is 1.57. The molecule has 0 aliphatic rings. The van der Waals surface area contributed by atoms with Crippen molar-refractivity contribution in [1.29, 1.82) is 0 Å². The third-order valence-corrected chi connectivity index (χ3v) is 2.45. The summed E-state index contributed by atoms with van der Waals surface area (Å²) in [4.78, 5) is 0. The van der Waals surface area contributed by atoms with Gasteiger partial charge in [0.05, 0.1) is 0 Å². The van der Waals surface area contributed by atoms with Gasteiger partial charge in [-0.15, -0.1) is 0 Å². The van der Waals surface area contributed by atoms with Gasteiger partial charge in [-0.3, -0.25) is 0 Å². The standard InChI is InChI=1S/C8H19NO2S/c10-5-1-3-9-4-8-12-7-2-6-11/h9-11H,1-8H2. The van der Waals surface area contributed by atoms with E-state index in [-0.39, 0.29) is 6.61 Å². The number of rotatable bonds is 9. The van der Waals surface area contributed by atoms with Crippen LogP contribution in [-0.2, 0) is 0 Å². The molecule has 0 fully saturated rings. The van der Waals surface area contributed by atoms with Crippen molar-refractivity contribution in [3.05, 3.63) is 0 Å². The first kappa shape index (κ1) is 12.2. The van der Waals surface area contributed by atoms with Crippen molar-refractivity contribution < 1.29 is 10.2 Å². The van der Waals surface area contributed by atoms with Crippen LogP contribution in [-0.4, -0.2) is 48.0 Å². The lowest BCUT2D eigenvalue weighted by molar-refractivity contribution is 0.286. The highest BCUT2D eigenvalue weighted by Crippen LogP contribution is 1.99. The molecule has 0 saturated heterocycles. The van der Waals surface area contributed by atoms with E-state index in [2.05, 4.69) is 5.32 Å². The van der Waals surface area contributed by atoms with Crippen molar-refractivity contribution >= 4 is 11.8 Å². The summed E-state index contributed by atoms with van der Waals surface area (Å²) in [5.74, 6) is 2.13. The van der Waals surface area contributed by atoms with Crippen LogP contribution in [0.2, 0.25) is 0 Å². The van der Waals surface area contributed by atoms with Gasteiger partial charge in [0.2, 0.25) is 0 Å². The highest BCUT2D eigenvalue weighted by atomic mass is 32.2. The summed E-state index contributed by atoms with van der Waals surface area (Å²) < 4.78 is 0. The van der Waals surface area contributed by atoms with Crippen LogP contribution in [0.25, 0.3) is 0 Å². The monoisotopic (exact) mass is 193 g/mol. The van der Waals surface area contributed by atoms with Crippen LogP contribution in [0.4, 0.5) is 0 Å². The van der Waals surface area contributed by atoms with E-state index in [4.69, 9.17) is 10.2 Å². The number of hydrogen-bond donors (Lipinski definition) is 3. The maximum absolute atomic E-state index is 8.48. The van der Waals surface area contributed by atoms with E-state index < -0.39 is 0 Å². The Morgan fingerprint density at radius 1 is 0.917 bits per heavy atom. The molecule has 0 amide bonds. The second-order valence-corrected chi connectivity index (χ2v) is 3.74. The summed E-state index contributed by atoms with van der Waals surface area (Å²) in [5, 5.41) is 20.2. The van der Waals surface area contributed by atoms with Gasteiger partial charge in [-0.05, 0) is 25.1 Å². The Morgan fingerprint density at radius 2 is 1.67 bits per heavy atom. The molecule has 12 heavy (non-hydrogen) atoms. The molecule has 0 rings (SSSR count). The fraction of sp³-hybridized carbons (Fsp3) is 1.00. The van der Waals surface area contributed by atoms with Gasteiger partial charge in [-0.25, -0.2) is 0 Å². The molecule has 0 aliphatic heterocycles. The lowest BCUT2D eigenvalue weighted by Gasteiger charge is -2.02. The zero-order valence-electron chi connectivity index (χ0n) is 7.46. The van der Waals surface area contributed by atoms with Gasteiger partial charge in [0.25, 0.3) is 0 Å². The number of thioether (sulfide) groups is 1. The van der Waals surface area contributed by atoms with Crippen molar-refractivity contribution in [2.45, 2.75) is 12.8 Å². The van der Waals surface area contributed by atoms with Gasteiger partial charge in [-0.1, -0.05) is 0 Å². The molecule has 0 atom stereocenters. The van der Waals surface area contributed by atoms with Crippen LogP contribution in [0.15, 0.2) is 0 Å². The molecule has 0 aromatic rings. The van der Waals surface area contributed by atoms with Crippen LogP contribution in [0.1, 0.15) is 12.8 Å². The molecule has 3 nitrogen and oxygen atoms in total. The molecule has 0 bridgehead atoms. The first-order valence-corrected chi connectivity index (χ1v) is 5.57. The summed E-state index contributed by atoms with van der Waals surface area (Å²) in [6.45, 7) is 2.46. The second kappa shape index (κ2) is 11.2. The third-order valence-electron chi connectivity index (χ3n) is 1.38. The molecular formula is C8H19NO2S. The van der Waals surface area contributed by atoms with Crippen LogP contribution < -0.4 is 5.32 Å². The van der Waals surface area contributed by atoms with Gasteiger partial charge in [0.15, 0.2) is 0 Å². The topological polar surface area (TPSA) is 52.5 Å². The Morgan fingerprint density at radius 3 is 2.33 bits per heavy atom. The van der Waals surface area contributed by atoms with Crippen molar-refractivity contribution in [2.75, 3.05) is 37.8 Å². The zero-order chi connectivity index (χ0) is 9.07. The van der Waals surface area contributed by atoms with Crippen LogP contribution >= 0.6 is 11.8 Å². The minimum atomic E-state index is 0.269. The van der Waals surface area contributed by atoms with Gasteiger partial charge in [0.1, 0.15) is 0 Å². The molecule has 3 N–H and O–H groups in total. The lowest BCUT2D eigenvalue weighted by Crippen LogP contribution is -2.19. The average Bonchev–Trinajstić information content (AvgIpc) is 2.10. The molecule has 0 heterocycles. The molecule has 0 aromatic carbocycles. The SMILES string of the molecule is OCCCNCCSCCCO. The normalized spacial score (nSPS) is 10.5. The summed E-state index contributed by atoms with van der Waals surface area (Å²) in [7, 11) is 0. The smallest absolute Gasteiger partial charge is 0.0443 e. The van der Waals surface area contributed by atoms with Gasteiger partial charge in [0, 0.05) is 25.5 Å². The van der Waals surface area contributed by atoms with E-state index in [9.17, 15) is 0 Å². The quantitative estimate of drug-likeness (QED) is 0.454. The van der Waals surface area contributed by atoms with Crippen LogP contribution in [0.5, 0.6) is 0 Å². The molecule has 0 spiro atoms. The largest absolute Gasteiger partial charge is 0.396 e. The number of aliphatic hydroxyl groups excluding tert-OH is 2. The minimum absolute atomic E-state index is 0.269. The summed E-state index contributed by atoms with van der Waals surface area (Å²) in [6.07, 6.45) is 1.72. The summed E-state index contributed by atoms with van der Waals surface area (Å²) >= 11 is 1.85. The third kappa shape index (κ3) is 10.2. The molecule has 0 saturated carbocycles. The number of nitrogens with one attached hydrogen (secondary N) is 1. The molecule has 74 valence electrons. The molecular weight excluding hydrogens is 174 g/mol. The Balaban J connectivity index is 2.73. The highest BCUT2D eigenvalue weighted by molar-refractivity contribution is 7.99. The molecule has 0 aromatic heterocycles. The Kier molecular flexibility index (Phi) is 11.4. The van der Waals surface area contributed by atoms with Crippen molar-refractivity contribution in [1.82, 2.24) is 5.32 Å². The molecule has 4 heteroatoms. The first-order valence-electron chi connectivity index (χ1n) is 4.42. The van der Waals surface area contributed by atoms with Crippen LogP contribution in [0.3, 0.4) is 0 Å².